The monoisotopic (exact) mass is 414 g/mol. The number of halogens is 1. The number of anilines is 1. The lowest BCUT2D eigenvalue weighted by atomic mass is 10.00. The number of thioether (sulfide) groups is 1. The molecule has 1 atom stereocenters. The lowest BCUT2D eigenvalue weighted by Crippen LogP contribution is -2.36. The van der Waals surface area contributed by atoms with E-state index >= 15 is 0 Å². The van der Waals surface area contributed by atoms with E-state index in [1.807, 2.05) is 0 Å². The highest BCUT2D eigenvalue weighted by molar-refractivity contribution is 8.23. The number of amides is 1. The van der Waals surface area contributed by atoms with Crippen LogP contribution in [0.1, 0.15) is 26.7 Å². The van der Waals surface area contributed by atoms with E-state index in [1.165, 1.54) is 18.7 Å². The van der Waals surface area contributed by atoms with Gasteiger partial charge in [0, 0.05) is 13.1 Å². The van der Waals surface area contributed by atoms with Crippen LogP contribution in [0, 0.1) is 5.92 Å². The highest BCUT2D eigenvalue weighted by Gasteiger charge is 2.21. The van der Waals surface area contributed by atoms with E-state index in [4.69, 9.17) is 28.6 Å². The van der Waals surface area contributed by atoms with Crippen LogP contribution < -0.4 is 5.32 Å². The molecule has 1 amide bonds. The zero-order valence-electron chi connectivity index (χ0n) is 14.9. The molecule has 0 radical (unpaired) electrons. The van der Waals surface area contributed by atoms with Gasteiger partial charge in [0.05, 0.1) is 16.5 Å². The van der Waals surface area contributed by atoms with Crippen LogP contribution in [0.25, 0.3) is 0 Å². The minimum atomic E-state index is -0.913. The van der Waals surface area contributed by atoms with Crippen molar-refractivity contribution in [2.45, 2.75) is 32.8 Å². The normalized spacial score (nSPS) is 16.0. The SMILES string of the molecule is CC1CCN(C(=S)SCC(=O)O[C@@H](C)C(=O)Nc2ccccc2Cl)CC1. The summed E-state index contributed by atoms with van der Waals surface area (Å²) in [5.41, 5.74) is 0.483. The predicted octanol–water partition coefficient (Wildman–Crippen LogP) is 3.96. The number of nitrogens with zero attached hydrogens (tertiary/aromatic N) is 1. The Morgan fingerprint density at radius 1 is 1.38 bits per heavy atom. The Morgan fingerprint density at radius 3 is 2.69 bits per heavy atom. The zero-order chi connectivity index (χ0) is 19.1. The molecule has 8 heteroatoms. The Morgan fingerprint density at radius 2 is 2.04 bits per heavy atom. The fraction of sp³-hybridized carbons (Fsp3) is 0.500. The Balaban J connectivity index is 1.73. The van der Waals surface area contributed by atoms with E-state index in [1.54, 1.807) is 24.3 Å². The molecule has 1 aliphatic rings. The van der Waals surface area contributed by atoms with Crippen molar-refractivity contribution in [1.29, 1.82) is 0 Å². The Bertz CT molecular complexity index is 664. The first-order valence-electron chi connectivity index (χ1n) is 8.53. The highest BCUT2D eigenvalue weighted by atomic mass is 35.5. The average Bonchev–Trinajstić information content (AvgIpc) is 2.62. The highest BCUT2D eigenvalue weighted by Crippen LogP contribution is 2.22. The van der Waals surface area contributed by atoms with Crippen molar-refractivity contribution in [1.82, 2.24) is 4.90 Å². The summed E-state index contributed by atoms with van der Waals surface area (Å²) in [6.45, 7) is 5.62. The lowest BCUT2D eigenvalue weighted by Gasteiger charge is -2.31. The van der Waals surface area contributed by atoms with Gasteiger partial charge in [-0.15, -0.1) is 0 Å². The first kappa shape index (κ1) is 21.0. The number of benzene rings is 1. The van der Waals surface area contributed by atoms with Crippen LogP contribution >= 0.6 is 35.6 Å². The number of ether oxygens (including phenoxy) is 1. The maximum absolute atomic E-state index is 12.1. The van der Waals surface area contributed by atoms with E-state index in [0.717, 1.165) is 31.8 Å². The van der Waals surface area contributed by atoms with Gasteiger partial charge >= 0.3 is 5.97 Å². The molecule has 26 heavy (non-hydrogen) atoms. The molecular weight excluding hydrogens is 392 g/mol. The van der Waals surface area contributed by atoms with Gasteiger partial charge in [-0.05, 0) is 37.8 Å². The van der Waals surface area contributed by atoms with Gasteiger partial charge < -0.3 is 15.0 Å². The summed E-state index contributed by atoms with van der Waals surface area (Å²) in [5.74, 6) is -0.0794. The maximum Gasteiger partial charge on any atom is 0.317 e. The topological polar surface area (TPSA) is 58.6 Å². The molecule has 1 saturated heterocycles. The summed E-state index contributed by atoms with van der Waals surface area (Å²) >= 11 is 12.7. The molecule has 5 nitrogen and oxygen atoms in total. The quantitative estimate of drug-likeness (QED) is 0.581. The van der Waals surface area contributed by atoms with E-state index in [2.05, 4.69) is 17.1 Å². The molecule has 1 N–H and O–H groups in total. The fourth-order valence-electron chi connectivity index (χ4n) is 2.48. The zero-order valence-corrected chi connectivity index (χ0v) is 17.3. The van der Waals surface area contributed by atoms with Crippen LogP contribution in [-0.2, 0) is 14.3 Å². The van der Waals surface area contributed by atoms with Gasteiger partial charge in [0.25, 0.3) is 5.91 Å². The van der Waals surface area contributed by atoms with Crippen LogP contribution in [0.3, 0.4) is 0 Å². The number of rotatable bonds is 5. The van der Waals surface area contributed by atoms with E-state index in [9.17, 15) is 9.59 Å². The van der Waals surface area contributed by atoms with Crippen LogP contribution in [0.2, 0.25) is 5.02 Å². The molecule has 1 fully saturated rings. The van der Waals surface area contributed by atoms with Crippen molar-refractivity contribution in [3.05, 3.63) is 29.3 Å². The molecule has 1 heterocycles. The molecule has 0 aromatic heterocycles. The second-order valence-corrected chi connectivity index (χ2v) is 8.34. The van der Waals surface area contributed by atoms with Crippen molar-refractivity contribution in [3.63, 3.8) is 0 Å². The average molecular weight is 415 g/mol. The Labute approximate surface area is 168 Å². The molecule has 0 aliphatic carbocycles. The van der Waals surface area contributed by atoms with Crippen molar-refractivity contribution < 1.29 is 14.3 Å². The van der Waals surface area contributed by atoms with Gasteiger partial charge in [-0.3, -0.25) is 9.59 Å². The van der Waals surface area contributed by atoms with Gasteiger partial charge in [0.1, 0.15) is 4.32 Å². The van der Waals surface area contributed by atoms with Gasteiger partial charge in [0.15, 0.2) is 6.10 Å². The molecular formula is C18H23ClN2O3S2. The van der Waals surface area contributed by atoms with Gasteiger partial charge in [-0.2, -0.15) is 0 Å². The summed E-state index contributed by atoms with van der Waals surface area (Å²) in [4.78, 5) is 26.2. The standard InChI is InChI=1S/C18H23ClN2O3S2/c1-12-7-9-21(10-8-12)18(25)26-11-16(22)24-13(2)17(23)20-15-6-4-3-5-14(15)19/h3-6,12-13H,7-11H2,1-2H3,(H,20,23)/t13-/m0/s1. The first-order valence-corrected chi connectivity index (χ1v) is 10.3. The van der Waals surface area contributed by atoms with Crippen molar-refractivity contribution in [3.8, 4) is 0 Å². The predicted molar refractivity (Wildman–Crippen MR) is 111 cm³/mol. The number of carbonyl (C=O) groups excluding carboxylic acids is 2. The minimum absolute atomic E-state index is 0.0919. The smallest absolute Gasteiger partial charge is 0.317 e. The second-order valence-electron chi connectivity index (χ2n) is 6.33. The number of carbonyl (C=O) groups is 2. The largest absolute Gasteiger partial charge is 0.452 e. The molecule has 1 aliphatic heterocycles. The van der Waals surface area contributed by atoms with Crippen molar-refractivity contribution >= 4 is 57.5 Å². The maximum atomic E-state index is 12.1. The molecule has 0 bridgehead atoms. The number of nitrogens with one attached hydrogen (secondary N) is 1. The molecule has 1 aromatic carbocycles. The number of thiocarbonyl (C=S) groups is 1. The third-order valence-electron chi connectivity index (χ3n) is 4.16. The number of piperidine rings is 1. The van der Waals surface area contributed by atoms with E-state index < -0.39 is 18.0 Å². The second kappa shape index (κ2) is 10.1. The number of hydrogen-bond donors (Lipinski definition) is 1. The fourth-order valence-corrected chi connectivity index (χ4v) is 3.70. The molecule has 2 rings (SSSR count). The Kier molecular flexibility index (Phi) is 8.18. The summed E-state index contributed by atoms with van der Waals surface area (Å²) in [6.07, 6.45) is 1.32. The molecule has 0 spiro atoms. The van der Waals surface area contributed by atoms with Crippen molar-refractivity contribution in [2.24, 2.45) is 5.92 Å². The summed E-state index contributed by atoms with van der Waals surface area (Å²) in [5, 5.41) is 3.07. The number of para-hydroxylation sites is 1. The first-order chi connectivity index (χ1) is 12.4. The molecule has 0 saturated carbocycles. The number of hydrogen-bond acceptors (Lipinski definition) is 5. The minimum Gasteiger partial charge on any atom is -0.452 e. The van der Waals surface area contributed by atoms with Gasteiger partial charge in [-0.1, -0.05) is 54.6 Å². The lowest BCUT2D eigenvalue weighted by molar-refractivity contribution is -0.150. The van der Waals surface area contributed by atoms with E-state index in [0.29, 0.717) is 15.0 Å². The summed E-state index contributed by atoms with van der Waals surface area (Å²) < 4.78 is 5.90. The Hall–Kier alpha value is -1.31. The van der Waals surface area contributed by atoms with Crippen LogP contribution in [0.15, 0.2) is 24.3 Å². The van der Waals surface area contributed by atoms with Gasteiger partial charge in [0.2, 0.25) is 0 Å². The molecule has 1 aromatic rings. The van der Waals surface area contributed by atoms with Crippen LogP contribution in [0.5, 0.6) is 0 Å². The molecule has 0 unspecified atom stereocenters. The number of likely N-dealkylation sites (tertiary alicyclic amines) is 1. The third-order valence-corrected chi connectivity index (χ3v) is 5.99. The van der Waals surface area contributed by atoms with E-state index in [-0.39, 0.29) is 5.75 Å². The summed E-state index contributed by atoms with van der Waals surface area (Å²) in [7, 11) is 0. The number of esters is 1. The van der Waals surface area contributed by atoms with Crippen molar-refractivity contribution in [2.75, 3.05) is 24.2 Å². The third kappa shape index (κ3) is 6.45. The summed E-state index contributed by atoms with van der Waals surface area (Å²) in [6, 6.07) is 6.89. The molecule has 142 valence electrons. The van der Waals surface area contributed by atoms with Crippen LogP contribution in [-0.4, -0.2) is 46.0 Å². The van der Waals surface area contributed by atoms with Gasteiger partial charge in [-0.25, -0.2) is 0 Å². The van der Waals surface area contributed by atoms with Crippen LogP contribution in [0.4, 0.5) is 5.69 Å².